The number of amides is 2. The molecule has 0 saturated carbocycles. The minimum absolute atomic E-state index is 0.0754. The number of benzene rings is 3. The highest BCUT2D eigenvalue weighted by atomic mass is 16.5. The number of aromatic amines is 1. The maximum absolute atomic E-state index is 12.7. The van der Waals surface area contributed by atoms with Gasteiger partial charge in [0.1, 0.15) is 5.92 Å². The van der Waals surface area contributed by atoms with Crippen LogP contribution in [-0.4, -0.2) is 54.5 Å². The van der Waals surface area contributed by atoms with Crippen molar-refractivity contribution in [2.75, 3.05) is 41.8 Å². The highest BCUT2D eigenvalue weighted by Gasteiger charge is 2.29. The van der Waals surface area contributed by atoms with Gasteiger partial charge in [-0.05, 0) is 65.6 Å². The molecule has 39 heavy (non-hydrogen) atoms. The average molecular weight is 521 g/mol. The van der Waals surface area contributed by atoms with E-state index in [9.17, 15) is 9.59 Å². The monoisotopic (exact) mass is 520 g/mol. The topological polar surface area (TPSA) is 112 Å². The maximum Gasteiger partial charge on any atom is 0.258 e. The van der Waals surface area contributed by atoms with E-state index in [4.69, 9.17) is 4.74 Å². The summed E-state index contributed by atoms with van der Waals surface area (Å²) in [7, 11) is 0. The zero-order valence-electron chi connectivity index (χ0n) is 21.3. The van der Waals surface area contributed by atoms with Crippen molar-refractivity contribution in [3.63, 3.8) is 0 Å². The van der Waals surface area contributed by atoms with E-state index in [2.05, 4.69) is 48.9 Å². The zero-order chi connectivity index (χ0) is 26.6. The van der Waals surface area contributed by atoms with E-state index in [0.717, 1.165) is 60.1 Å². The molecule has 196 valence electrons. The first kappa shape index (κ1) is 24.6. The Morgan fingerprint density at radius 3 is 2.56 bits per heavy atom. The molecule has 2 aliphatic rings. The third-order valence-electron chi connectivity index (χ3n) is 6.97. The number of anilines is 3. The van der Waals surface area contributed by atoms with E-state index >= 15 is 0 Å². The number of rotatable bonds is 7. The Labute approximate surface area is 225 Å². The fraction of sp³-hybridized carbons (Fsp3) is 0.200. The molecule has 6 rings (SSSR count). The van der Waals surface area contributed by atoms with Crippen LogP contribution >= 0.6 is 0 Å². The summed E-state index contributed by atoms with van der Waals surface area (Å²) in [5.41, 5.74) is 7.08. The number of ether oxygens (including phenoxy) is 1. The molecule has 2 amide bonds. The number of carbonyl (C=O) groups excluding carboxylic acids is 2. The van der Waals surface area contributed by atoms with Crippen LogP contribution in [0.3, 0.4) is 0 Å². The van der Waals surface area contributed by atoms with Gasteiger partial charge in [0.05, 0.1) is 30.7 Å². The second-order valence-electron chi connectivity index (χ2n) is 9.60. The van der Waals surface area contributed by atoms with E-state index in [1.807, 2.05) is 48.5 Å². The summed E-state index contributed by atoms with van der Waals surface area (Å²) in [6.45, 7) is 3.26. The van der Waals surface area contributed by atoms with Crippen molar-refractivity contribution < 1.29 is 14.3 Å². The van der Waals surface area contributed by atoms with Crippen molar-refractivity contribution >= 4 is 40.8 Å². The highest BCUT2D eigenvalue weighted by Crippen LogP contribution is 2.33. The van der Waals surface area contributed by atoms with Crippen molar-refractivity contribution in [1.29, 1.82) is 0 Å². The van der Waals surface area contributed by atoms with Gasteiger partial charge in [0.25, 0.3) is 5.91 Å². The Kier molecular flexibility index (Phi) is 6.88. The zero-order valence-corrected chi connectivity index (χ0v) is 21.3. The summed E-state index contributed by atoms with van der Waals surface area (Å²) >= 11 is 0. The number of fused-ring (bicyclic) bond motifs is 1. The second kappa shape index (κ2) is 10.9. The molecular weight excluding hydrogens is 492 g/mol. The summed E-state index contributed by atoms with van der Waals surface area (Å²) in [5, 5.41) is 12.3. The molecule has 9 heteroatoms. The fourth-order valence-electron chi connectivity index (χ4n) is 4.84. The third-order valence-corrected chi connectivity index (χ3v) is 6.97. The van der Waals surface area contributed by atoms with Crippen LogP contribution in [0.2, 0.25) is 0 Å². The highest BCUT2D eigenvalue weighted by molar-refractivity contribution is 6.12. The first-order valence-corrected chi connectivity index (χ1v) is 12.9. The first-order chi connectivity index (χ1) is 19.1. The lowest BCUT2D eigenvalue weighted by atomic mass is 9.96. The summed E-state index contributed by atoms with van der Waals surface area (Å²) in [6, 6.07) is 21.9. The van der Waals surface area contributed by atoms with Crippen molar-refractivity contribution in [2.45, 2.75) is 12.3 Å². The third kappa shape index (κ3) is 5.58. The molecule has 3 aromatic carbocycles. The van der Waals surface area contributed by atoms with E-state index in [0.29, 0.717) is 17.7 Å². The lowest BCUT2D eigenvalue weighted by Crippen LogP contribution is -2.36. The SMILES string of the molecule is O=C(Nc1ccc(Cc2ccc3c(c2)C(C=Nc2ccc(N4CCOCC4)cc2)C(=O)N3)cc1)c1cn[nH]c1. The van der Waals surface area contributed by atoms with E-state index in [1.54, 1.807) is 12.4 Å². The molecule has 9 nitrogen and oxygen atoms in total. The number of nitrogens with one attached hydrogen (secondary N) is 3. The van der Waals surface area contributed by atoms with Gasteiger partial charge in [-0.15, -0.1) is 0 Å². The van der Waals surface area contributed by atoms with Crippen LogP contribution < -0.4 is 15.5 Å². The second-order valence-corrected chi connectivity index (χ2v) is 9.60. The van der Waals surface area contributed by atoms with Gasteiger partial charge in [-0.3, -0.25) is 19.7 Å². The van der Waals surface area contributed by atoms with Gasteiger partial charge < -0.3 is 20.3 Å². The Balaban J connectivity index is 1.12. The fourth-order valence-corrected chi connectivity index (χ4v) is 4.84. The Hall–Kier alpha value is -4.76. The van der Waals surface area contributed by atoms with E-state index < -0.39 is 5.92 Å². The van der Waals surface area contributed by atoms with Gasteiger partial charge in [0, 0.05) is 42.6 Å². The van der Waals surface area contributed by atoms with Crippen molar-refractivity contribution in [3.05, 3.63) is 101 Å². The largest absolute Gasteiger partial charge is 0.378 e. The van der Waals surface area contributed by atoms with Crippen LogP contribution in [0.15, 0.2) is 84.1 Å². The molecule has 4 aromatic rings. The summed E-state index contributed by atoms with van der Waals surface area (Å²) in [5.74, 6) is -0.735. The predicted octanol–water partition coefficient (Wildman–Crippen LogP) is 4.53. The average Bonchev–Trinajstić information content (AvgIpc) is 3.62. The minimum Gasteiger partial charge on any atom is -0.378 e. The van der Waals surface area contributed by atoms with Crippen LogP contribution in [0.4, 0.5) is 22.7 Å². The van der Waals surface area contributed by atoms with E-state index in [1.165, 1.54) is 6.20 Å². The molecule has 0 bridgehead atoms. The molecule has 3 heterocycles. The quantitative estimate of drug-likeness (QED) is 0.310. The molecule has 1 aromatic heterocycles. The standard InChI is InChI=1S/C30H28N6O3/c37-29(22-17-32-33-18-22)34-24-4-1-20(2-5-24)15-21-3-10-28-26(16-21)27(30(38)35-28)19-31-23-6-8-25(9-7-23)36-11-13-39-14-12-36/h1-10,16-19,27H,11-15H2,(H,32,33)(H,34,37)(H,35,38). The van der Waals surface area contributed by atoms with Gasteiger partial charge in [0.15, 0.2) is 0 Å². The summed E-state index contributed by atoms with van der Waals surface area (Å²) in [6.07, 6.45) is 5.46. The number of nitrogens with zero attached hydrogens (tertiary/aromatic N) is 3. The Bertz CT molecular complexity index is 1490. The molecule has 0 radical (unpaired) electrons. The van der Waals surface area contributed by atoms with Crippen molar-refractivity contribution in [1.82, 2.24) is 10.2 Å². The van der Waals surface area contributed by atoms with Crippen LogP contribution in [0, 0.1) is 0 Å². The summed E-state index contributed by atoms with van der Waals surface area (Å²) in [4.78, 5) is 31.9. The van der Waals surface area contributed by atoms with Gasteiger partial charge in [-0.25, -0.2) is 0 Å². The molecule has 3 N–H and O–H groups in total. The minimum atomic E-state index is -0.445. The summed E-state index contributed by atoms with van der Waals surface area (Å²) < 4.78 is 5.43. The normalized spacial score (nSPS) is 16.8. The van der Waals surface area contributed by atoms with Gasteiger partial charge in [-0.2, -0.15) is 5.10 Å². The molecule has 1 fully saturated rings. The number of aromatic nitrogens is 2. The van der Waals surface area contributed by atoms with Crippen molar-refractivity contribution in [3.8, 4) is 0 Å². The van der Waals surface area contributed by atoms with Crippen LogP contribution in [-0.2, 0) is 16.0 Å². The molecule has 1 saturated heterocycles. The predicted molar refractivity (Wildman–Crippen MR) is 151 cm³/mol. The molecule has 2 aliphatic heterocycles. The molecule has 1 atom stereocenters. The van der Waals surface area contributed by atoms with Crippen molar-refractivity contribution in [2.24, 2.45) is 4.99 Å². The smallest absolute Gasteiger partial charge is 0.258 e. The van der Waals surface area contributed by atoms with Gasteiger partial charge in [0.2, 0.25) is 5.91 Å². The van der Waals surface area contributed by atoms with Gasteiger partial charge in [-0.1, -0.05) is 24.3 Å². The molecule has 0 aliphatic carbocycles. The molecular formula is C30H28N6O3. The number of morpholine rings is 1. The number of hydrogen-bond donors (Lipinski definition) is 3. The number of hydrogen-bond acceptors (Lipinski definition) is 6. The lowest BCUT2D eigenvalue weighted by molar-refractivity contribution is -0.115. The number of aliphatic imine (C=N–C) groups is 1. The maximum atomic E-state index is 12.7. The Morgan fingerprint density at radius 1 is 1.05 bits per heavy atom. The molecule has 0 spiro atoms. The molecule has 1 unspecified atom stereocenters. The van der Waals surface area contributed by atoms with E-state index in [-0.39, 0.29) is 11.8 Å². The van der Waals surface area contributed by atoms with Crippen LogP contribution in [0.5, 0.6) is 0 Å². The van der Waals surface area contributed by atoms with Crippen LogP contribution in [0.25, 0.3) is 0 Å². The first-order valence-electron chi connectivity index (χ1n) is 12.9. The Morgan fingerprint density at radius 2 is 1.82 bits per heavy atom. The number of H-pyrrole nitrogens is 1. The van der Waals surface area contributed by atoms with Crippen LogP contribution in [0.1, 0.15) is 33.0 Å². The lowest BCUT2D eigenvalue weighted by Gasteiger charge is -2.28. The number of carbonyl (C=O) groups is 2. The van der Waals surface area contributed by atoms with Gasteiger partial charge >= 0.3 is 0 Å².